The quantitative estimate of drug-likeness (QED) is 0.828. The summed E-state index contributed by atoms with van der Waals surface area (Å²) in [5.74, 6) is -1.25. The average molecular weight is 282 g/mol. The molecular formula is C13H25F3N2O. The van der Waals surface area contributed by atoms with Crippen molar-refractivity contribution in [1.29, 1.82) is 0 Å². The minimum absolute atomic E-state index is 0.01000. The Morgan fingerprint density at radius 1 is 1.32 bits per heavy atom. The monoisotopic (exact) mass is 282 g/mol. The van der Waals surface area contributed by atoms with Gasteiger partial charge >= 0.3 is 6.18 Å². The van der Waals surface area contributed by atoms with Gasteiger partial charge in [-0.3, -0.25) is 0 Å². The summed E-state index contributed by atoms with van der Waals surface area (Å²) in [6, 6.07) is 0. The van der Waals surface area contributed by atoms with Crippen LogP contribution in [0.1, 0.15) is 33.6 Å². The molecule has 0 radical (unpaired) electrons. The number of aliphatic hydroxyl groups is 1. The van der Waals surface area contributed by atoms with E-state index in [2.05, 4.69) is 5.32 Å². The van der Waals surface area contributed by atoms with Crippen LogP contribution >= 0.6 is 0 Å². The third-order valence-electron chi connectivity index (χ3n) is 3.31. The molecule has 1 rings (SSSR count). The van der Waals surface area contributed by atoms with Gasteiger partial charge < -0.3 is 15.3 Å². The molecule has 2 atom stereocenters. The Labute approximate surface area is 113 Å². The predicted molar refractivity (Wildman–Crippen MR) is 69.0 cm³/mol. The zero-order valence-electron chi connectivity index (χ0n) is 11.9. The van der Waals surface area contributed by atoms with Crippen LogP contribution in [0.3, 0.4) is 0 Å². The van der Waals surface area contributed by atoms with Gasteiger partial charge in [-0.25, -0.2) is 0 Å². The Morgan fingerprint density at radius 2 is 1.95 bits per heavy atom. The first-order valence-corrected chi connectivity index (χ1v) is 6.80. The number of nitrogens with zero attached hydrogens (tertiary/aromatic N) is 1. The molecule has 0 aromatic heterocycles. The summed E-state index contributed by atoms with van der Waals surface area (Å²) >= 11 is 0. The summed E-state index contributed by atoms with van der Waals surface area (Å²) in [5, 5.41) is 13.0. The Hall–Kier alpha value is -0.330. The second kappa shape index (κ2) is 6.41. The minimum atomic E-state index is -4.12. The molecule has 0 aromatic rings. The normalized spacial score (nSPS) is 24.5. The Kier molecular flexibility index (Phi) is 5.65. The lowest BCUT2D eigenvalue weighted by atomic mass is 9.97. The van der Waals surface area contributed by atoms with Crippen molar-refractivity contribution in [1.82, 2.24) is 10.2 Å². The zero-order chi connectivity index (χ0) is 14.7. The van der Waals surface area contributed by atoms with Crippen molar-refractivity contribution in [2.24, 2.45) is 5.92 Å². The smallest absolute Gasteiger partial charge is 0.390 e. The number of alkyl halides is 3. The topological polar surface area (TPSA) is 35.5 Å². The van der Waals surface area contributed by atoms with Crippen molar-refractivity contribution in [3.05, 3.63) is 0 Å². The van der Waals surface area contributed by atoms with E-state index in [1.54, 1.807) is 4.90 Å². The number of halogens is 3. The van der Waals surface area contributed by atoms with Crippen LogP contribution in [0.5, 0.6) is 0 Å². The summed E-state index contributed by atoms with van der Waals surface area (Å²) in [5.41, 5.74) is -0.0998. The standard InChI is InChI=1S/C13H25F3N2O/c1-12(2,3)17-7-11(19)9-18-6-4-5-10(8-18)13(14,15)16/h10-11,17,19H,4-9H2,1-3H3. The number of hydrogen-bond donors (Lipinski definition) is 2. The molecule has 0 aliphatic carbocycles. The third kappa shape index (κ3) is 6.58. The van der Waals surface area contributed by atoms with Gasteiger partial charge in [-0.05, 0) is 40.2 Å². The number of nitrogens with one attached hydrogen (secondary N) is 1. The zero-order valence-corrected chi connectivity index (χ0v) is 11.9. The molecule has 3 nitrogen and oxygen atoms in total. The van der Waals surface area contributed by atoms with E-state index in [-0.39, 0.29) is 18.5 Å². The molecule has 0 saturated carbocycles. The summed E-state index contributed by atoms with van der Waals surface area (Å²) < 4.78 is 38.0. The highest BCUT2D eigenvalue weighted by Gasteiger charge is 2.41. The fourth-order valence-corrected chi connectivity index (χ4v) is 2.28. The van der Waals surface area contributed by atoms with E-state index < -0.39 is 18.2 Å². The SMILES string of the molecule is CC(C)(C)NCC(O)CN1CCCC(C(F)(F)F)C1. The predicted octanol–water partition coefficient (Wildman–Crippen LogP) is 2.01. The number of hydrogen-bond acceptors (Lipinski definition) is 3. The lowest BCUT2D eigenvalue weighted by molar-refractivity contribution is -0.187. The molecule has 0 amide bonds. The Bertz CT molecular complexity index is 276. The molecule has 114 valence electrons. The number of aliphatic hydroxyl groups excluding tert-OH is 1. The first-order valence-electron chi connectivity index (χ1n) is 6.80. The summed E-state index contributed by atoms with van der Waals surface area (Å²) in [6.45, 7) is 7.31. The molecule has 2 N–H and O–H groups in total. The number of β-amino-alcohol motifs (C(OH)–C–C–N with tert-alkyl or cyclic N) is 1. The van der Waals surface area contributed by atoms with E-state index in [0.29, 0.717) is 26.1 Å². The van der Waals surface area contributed by atoms with E-state index in [4.69, 9.17) is 0 Å². The van der Waals surface area contributed by atoms with E-state index in [9.17, 15) is 18.3 Å². The number of piperidine rings is 1. The molecule has 0 aromatic carbocycles. The maximum Gasteiger partial charge on any atom is 0.393 e. The molecule has 2 unspecified atom stereocenters. The van der Waals surface area contributed by atoms with E-state index in [1.807, 2.05) is 20.8 Å². The second-order valence-corrected chi connectivity index (χ2v) is 6.43. The maximum absolute atomic E-state index is 12.7. The van der Waals surface area contributed by atoms with Crippen molar-refractivity contribution in [2.75, 3.05) is 26.2 Å². The fraction of sp³-hybridized carbons (Fsp3) is 1.00. The van der Waals surface area contributed by atoms with Crippen molar-refractivity contribution < 1.29 is 18.3 Å². The maximum atomic E-state index is 12.7. The van der Waals surface area contributed by atoms with Gasteiger partial charge in [0.05, 0.1) is 12.0 Å². The molecule has 1 saturated heterocycles. The van der Waals surface area contributed by atoms with E-state index in [0.717, 1.165) is 0 Å². The Morgan fingerprint density at radius 3 is 2.47 bits per heavy atom. The van der Waals surface area contributed by atoms with Gasteiger partial charge in [0.1, 0.15) is 0 Å². The average Bonchev–Trinajstić information content (AvgIpc) is 2.25. The second-order valence-electron chi connectivity index (χ2n) is 6.43. The first kappa shape index (κ1) is 16.7. The van der Waals surface area contributed by atoms with Crippen molar-refractivity contribution in [3.8, 4) is 0 Å². The summed E-state index contributed by atoms with van der Waals surface area (Å²) in [7, 11) is 0. The molecule has 1 heterocycles. The highest BCUT2D eigenvalue weighted by molar-refractivity contribution is 4.81. The van der Waals surface area contributed by atoms with Crippen LogP contribution in [0, 0.1) is 5.92 Å². The van der Waals surface area contributed by atoms with Gasteiger partial charge in [-0.15, -0.1) is 0 Å². The van der Waals surface area contributed by atoms with Crippen LogP contribution in [0.4, 0.5) is 13.2 Å². The minimum Gasteiger partial charge on any atom is -0.390 e. The van der Waals surface area contributed by atoms with Crippen molar-refractivity contribution >= 4 is 0 Å². The first-order chi connectivity index (χ1) is 8.58. The van der Waals surface area contributed by atoms with Crippen LogP contribution < -0.4 is 5.32 Å². The molecule has 0 spiro atoms. The van der Waals surface area contributed by atoms with Gasteiger partial charge in [-0.2, -0.15) is 13.2 Å². The van der Waals surface area contributed by atoms with Crippen LogP contribution in [0.25, 0.3) is 0 Å². The van der Waals surface area contributed by atoms with Gasteiger partial charge in [-0.1, -0.05) is 0 Å². The van der Waals surface area contributed by atoms with Crippen molar-refractivity contribution in [3.63, 3.8) is 0 Å². The van der Waals surface area contributed by atoms with Gasteiger partial charge in [0, 0.05) is 25.2 Å². The van der Waals surface area contributed by atoms with E-state index in [1.165, 1.54) is 0 Å². The van der Waals surface area contributed by atoms with Gasteiger partial charge in [0.2, 0.25) is 0 Å². The van der Waals surface area contributed by atoms with Crippen LogP contribution in [0.2, 0.25) is 0 Å². The molecule has 19 heavy (non-hydrogen) atoms. The fourth-order valence-electron chi connectivity index (χ4n) is 2.28. The lowest BCUT2D eigenvalue weighted by Gasteiger charge is -2.35. The van der Waals surface area contributed by atoms with Crippen LogP contribution in [-0.2, 0) is 0 Å². The van der Waals surface area contributed by atoms with Crippen LogP contribution in [-0.4, -0.2) is 54.0 Å². The molecule has 0 bridgehead atoms. The highest BCUT2D eigenvalue weighted by atomic mass is 19.4. The van der Waals surface area contributed by atoms with E-state index >= 15 is 0 Å². The number of likely N-dealkylation sites (tertiary alicyclic amines) is 1. The summed E-state index contributed by atoms with van der Waals surface area (Å²) in [6.07, 6.45) is -4.00. The largest absolute Gasteiger partial charge is 0.393 e. The third-order valence-corrected chi connectivity index (χ3v) is 3.31. The molecule has 1 fully saturated rings. The summed E-state index contributed by atoms with van der Waals surface area (Å²) in [4.78, 5) is 1.72. The Balaban J connectivity index is 2.36. The van der Waals surface area contributed by atoms with Crippen molar-refractivity contribution in [2.45, 2.75) is 51.4 Å². The molecular weight excluding hydrogens is 257 g/mol. The van der Waals surface area contributed by atoms with Crippen LogP contribution in [0.15, 0.2) is 0 Å². The molecule has 1 aliphatic heterocycles. The van der Waals surface area contributed by atoms with Gasteiger partial charge in [0.25, 0.3) is 0 Å². The molecule has 1 aliphatic rings. The highest BCUT2D eigenvalue weighted by Crippen LogP contribution is 2.33. The number of rotatable bonds is 4. The molecule has 6 heteroatoms. The van der Waals surface area contributed by atoms with Gasteiger partial charge in [0.15, 0.2) is 0 Å². The lowest BCUT2D eigenvalue weighted by Crippen LogP contribution is -2.48.